The van der Waals surface area contributed by atoms with Gasteiger partial charge >= 0.3 is 0 Å². The third-order valence-electron chi connectivity index (χ3n) is 4.33. The Hall–Kier alpha value is -2.54. The first kappa shape index (κ1) is 20.2. The minimum Gasteiger partial charge on any atom is -0.467 e. The van der Waals surface area contributed by atoms with E-state index in [2.05, 4.69) is 65.1 Å². The Morgan fingerprint density at radius 3 is 2.54 bits per heavy atom. The van der Waals surface area contributed by atoms with Crippen molar-refractivity contribution in [2.45, 2.75) is 44.8 Å². The van der Waals surface area contributed by atoms with Gasteiger partial charge in [0.15, 0.2) is 11.0 Å². The minimum absolute atomic E-state index is 0.0303. The molecule has 3 aromatic rings. The zero-order chi connectivity index (χ0) is 20.1. The van der Waals surface area contributed by atoms with Crippen molar-refractivity contribution in [3.05, 3.63) is 54.0 Å². The molecule has 0 atom stereocenters. The van der Waals surface area contributed by atoms with Crippen molar-refractivity contribution >= 4 is 17.7 Å². The summed E-state index contributed by atoms with van der Waals surface area (Å²) in [4.78, 5) is 11.1. The lowest BCUT2D eigenvalue weighted by atomic mass is 9.87. The van der Waals surface area contributed by atoms with E-state index in [4.69, 9.17) is 4.42 Å². The lowest BCUT2D eigenvalue weighted by Gasteiger charge is -2.19. The SMILES string of the molecule is CC(=O)NCCSc1nnc(-c2ccc(C(C)(C)C)cc2)n1Cc1ccco1. The Morgan fingerprint density at radius 2 is 1.93 bits per heavy atom. The van der Waals surface area contributed by atoms with Crippen LogP contribution in [0.1, 0.15) is 39.0 Å². The summed E-state index contributed by atoms with van der Waals surface area (Å²) in [6.07, 6.45) is 1.67. The number of carbonyl (C=O) groups excluding carboxylic acids is 1. The van der Waals surface area contributed by atoms with Gasteiger partial charge in [-0.2, -0.15) is 0 Å². The summed E-state index contributed by atoms with van der Waals surface area (Å²) in [7, 11) is 0. The molecule has 0 aliphatic rings. The number of hydrogen-bond donors (Lipinski definition) is 1. The lowest BCUT2D eigenvalue weighted by molar-refractivity contribution is -0.118. The fraction of sp³-hybridized carbons (Fsp3) is 0.381. The Labute approximate surface area is 169 Å². The first-order chi connectivity index (χ1) is 13.3. The van der Waals surface area contributed by atoms with Gasteiger partial charge in [-0.05, 0) is 23.1 Å². The van der Waals surface area contributed by atoms with E-state index in [1.807, 2.05) is 12.1 Å². The molecule has 0 saturated heterocycles. The molecule has 0 unspecified atom stereocenters. The minimum atomic E-state index is -0.0303. The number of furan rings is 1. The van der Waals surface area contributed by atoms with Gasteiger partial charge in [0, 0.05) is 24.8 Å². The number of thioether (sulfide) groups is 1. The van der Waals surface area contributed by atoms with Crippen LogP contribution in [0.2, 0.25) is 0 Å². The molecule has 1 amide bonds. The second kappa shape index (κ2) is 8.65. The molecule has 3 rings (SSSR count). The molecule has 0 aliphatic carbocycles. The van der Waals surface area contributed by atoms with E-state index in [0.717, 1.165) is 28.1 Å². The zero-order valence-electron chi connectivity index (χ0n) is 16.7. The molecule has 6 nitrogen and oxygen atoms in total. The highest BCUT2D eigenvalue weighted by molar-refractivity contribution is 7.99. The molecule has 0 saturated carbocycles. The molecule has 1 aromatic carbocycles. The first-order valence-electron chi connectivity index (χ1n) is 9.28. The van der Waals surface area contributed by atoms with Gasteiger partial charge in [0.05, 0.1) is 12.8 Å². The molecule has 0 aliphatic heterocycles. The van der Waals surface area contributed by atoms with Gasteiger partial charge in [0.1, 0.15) is 5.76 Å². The Morgan fingerprint density at radius 1 is 1.18 bits per heavy atom. The number of nitrogens with one attached hydrogen (secondary N) is 1. The molecule has 148 valence electrons. The summed E-state index contributed by atoms with van der Waals surface area (Å²) in [6.45, 7) is 9.26. The predicted molar refractivity (Wildman–Crippen MR) is 111 cm³/mol. The third kappa shape index (κ3) is 5.04. The van der Waals surface area contributed by atoms with Crippen LogP contribution in [-0.2, 0) is 16.8 Å². The van der Waals surface area contributed by atoms with Gasteiger partial charge in [0.2, 0.25) is 5.91 Å². The number of hydrogen-bond acceptors (Lipinski definition) is 5. The average Bonchev–Trinajstić information content (AvgIpc) is 3.29. The van der Waals surface area contributed by atoms with Gasteiger partial charge in [-0.1, -0.05) is 56.8 Å². The highest BCUT2D eigenvalue weighted by atomic mass is 32.2. The Kier molecular flexibility index (Phi) is 6.24. The fourth-order valence-electron chi connectivity index (χ4n) is 2.80. The average molecular weight is 399 g/mol. The number of aromatic nitrogens is 3. The monoisotopic (exact) mass is 398 g/mol. The third-order valence-corrected chi connectivity index (χ3v) is 5.30. The first-order valence-corrected chi connectivity index (χ1v) is 10.3. The summed E-state index contributed by atoms with van der Waals surface area (Å²) in [6, 6.07) is 12.3. The molecular formula is C21H26N4O2S. The number of amides is 1. The summed E-state index contributed by atoms with van der Waals surface area (Å²) in [5.41, 5.74) is 2.39. The van der Waals surface area contributed by atoms with E-state index in [1.54, 1.807) is 18.0 Å². The van der Waals surface area contributed by atoms with Crippen LogP contribution < -0.4 is 5.32 Å². The molecule has 0 bridgehead atoms. The van der Waals surface area contributed by atoms with Gasteiger partial charge in [-0.25, -0.2) is 0 Å². The summed E-state index contributed by atoms with van der Waals surface area (Å²) < 4.78 is 7.59. The van der Waals surface area contributed by atoms with Crippen LogP contribution in [0.25, 0.3) is 11.4 Å². The van der Waals surface area contributed by atoms with E-state index in [9.17, 15) is 4.79 Å². The van der Waals surface area contributed by atoms with E-state index < -0.39 is 0 Å². The van der Waals surface area contributed by atoms with E-state index in [0.29, 0.717) is 13.1 Å². The second-order valence-corrected chi connectivity index (χ2v) is 8.69. The molecule has 1 N–H and O–H groups in total. The van der Waals surface area contributed by atoms with E-state index >= 15 is 0 Å². The molecule has 7 heteroatoms. The number of nitrogens with zero attached hydrogens (tertiary/aromatic N) is 3. The molecule has 0 radical (unpaired) electrons. The molecule has 2 aromatic heterocycles. The fourth-order valence-corrected chi connectivity index (χ4v) is 3.59. The van der Waals surface area contributed by atoms with E-state index in [1.165, 1.54) is 12.5 Å². The largest absolute Gasteiger partial charge is 0.467 e. The van der Waals surface area contributed by atoms with Gasteiger partial charge in [0.25, 0.3) is 0 Å². The van der Waals surface area contributed by atoms with Crippen molar-refractivity contribution in [3.63, 3.8) is 0 Å². The topological polar surface area (TPSA) is 73.0 Å². The lowest BCUT2D eigenvalue weighted by Crippen LogP contribution is -2.22. The smallest absolute Gasteiger partial charge is 0.216 e. The van der Waals surface area contributed by atoms with Crippen molar-refractivity contribution in [1.29, 1.82) is 0 Å². The summed E-state index contributed by atoms with van der Waals surface area (Å²) in [5.74, 6) is 2.34. The Balaban J connectivity index is 1.86. The zero-order valence-corrected chi connectivity index (χ0v) is 17.5. The summed E-state index contributed by atoms with van der Waals surface area (Å²) >= 11 is 1.57. The second-order valence-electron chi connectivity index (χ2n) is 7.63. The van der Waals surface area contributed by atoms with Crippen molar-refractivity contribution in [2.75, 3.05) is 12.3 Å². The molecule has 0 spiro atoms. The normalized spacial score (nSPS) is 11.6. The number of rotatable bonds is 7. The Bertz CT molecular complexity index is 909. The van der Waals surface area contributed by atoms with Gasteiger partial charge in [-0.3, -0.25) is 9.36 Å². The van der Waals surface area contributed by atoms with Crippen molar-refractivity contribution < 1.29 is 9.21 Å². The van der Waals surface area contributed by atoms with Gasteiger partial charge in [-0.15, -0.1) is 10.2 Å². The maximum atomic E-state index is 11.1. The number of benzene rings is 1. The van der Waals surface area contributed by atoms with Crippen LogP contribution in [0.3, 0.4) is 0 Å². The van der Waals surface area contributed by atoms with Crippen LogP contribution in [-0.4, -0.2) is 33.0 Å². The predicted octanol–water partition coefficient (Wildman–Crippen LogP) is 4.11. The highest BCUT2D eigenvalue weighted by Gasteiger charge is 2.18. The van der Waals surface area contributed by atoms with Crippen LogP contribution >= 0.6 is 11.8 Å². The van der Waals surface area contributed by atoms with Crippen molar-refractivity contribution in [1.82, 2.24) is 20.1 Å². The van der Waals surface area contributed by atoms with Crippen LogP contribution in [0.15, 0.2) is 52.2 Å². The molecule has 28 heavy (non-hydrogen) atoms. The quantitative estimate of drug-likeness (QED) is 0.479. The standard InChI is InChI=1S/C21H26N4O2S/c1-15(26)22-11-13-28-20-24-23-19(25(20)14-18-6-5-12-27-18)16-7-9-17(10-8-16)21(2,3)4/h5-10,12H,11,13-14H2,1-4H3,(H,22,26). The highest BCUT2D eigenvalue weighted by Crippen LogP contribution is 2.28. The van der Waals surface area contributed by atoms with Crippen molar-refractivity contribution in [2.24, 2.45) is 0 Å². The van der Waals surface area contributed by atoms with Gasteiger partial charge < -0.3 is 9.73 Å². The van der Waals surface area contributed by atoms with Crippen molar-refractivity contribution in [3.8, 4) is 11.4 Å². The van der Waals surface area contributed by atoms with Crippen LogP contribution in [0, 0.1) is 0 Å². The molecule has 2 heterocycles. The maximum absolute atomic E-state index is 11.1. The van der Waals surface area contributed by atoms with Crippen LogP contribution in [0.5, 0.6) is 0 Å². The van der Waals surface area contributed by atoms with E-state index in [-0.39, 0.29) is 11.3 Å². The number of carbonyl (C=O) groups is 1. The molecular weight excluding hydrogens is 372 g/mol. The maximum Gasteiger partial charge on any atom is 0.216 e. The van der Waals surface area contributed by atoms with Crippen LogP contribution in [0.4, 0.5) is 0 Å². The molecule has 0 fully saturated rings. The summed E-state index contributed by atoms with van der Waals surface area (Å²) in [5, 5.41) is 12.4.